The molecular formula is C10H11KO4. The van der Waals surface area contributed by atoms with Gasteiger partial charge in [-0.05, 0) is 5.56 Å². The molecule has 4 nitrogen and oxygen atoms in total. The molecule has 0 heterocycles. The number of hydrogen-bond acceptors (Lipinski definition) is 3. The summed E-state index contributed by atoms with van der Waals surface area (Å²) >= 11 is 0. The summed E-state index contributed by atoms with van der Waals surface area (Å²) < 4.78 is 4.72. The SMILES string of the molecule is O=C(O)CC(=O)OCc1ccccc1.[KH]. The first-order chi connectivity index (χ1) is 6.68. The van der Waals surface area contributed by atoms with Crippen molar-refractivity contribution in [2.75, 3.05) is 0 Å². The number of carboxylic acids is 1. The van der Waals surface area contributed by atoms with Crippen LogP contribution in [0.2, 0.25) is 0 Å². The third kappa shape index (κ3) is 6.81. The van der Waals surface area contributed by atoms with Crippen LogP contribution in [-0.4, -0.2) is 68.4 Å². The predicted octanol–water partition coefficient (Wildman–Crippen LogP) is 0.556. The molecule has 0 aliphatic rings. The molecule has 0 unspecified atom stereocenters. The van der Waals surface area contributed by atoms with Gasteiger partial charge >= 0.3 is 63.3 Å². The Balaban J connectivity index is 0.00000196. The first-order valence-corrected chi connectivity index (χ1v) is 4.10. The summed E-state index contributed by atoms with van der Waals surface area (Å²) in [6.45, 7) is 0.118. The predicted molar refractivity (Wildman–Crippen MR) is 55.6 cm³/mol. The van der Waals surface area contributed by atoms with E-state index in [1.165, 1.54) is 0 Å². The number of esters is 1. The van der Waals surface area contributed by atoms with Gasteiger partial charge in [0.2, 0.25) is 0 Å². The van der Waals surface area contributed by atoms with Crippen molar-refractivity contribution >= 4 is 63.3 Å². The Bertz CT molecular complexity index is 323. The van der Waals surface area contributed by atoms with Crippen LogP contribution in [0.25, 0.3) is 0 Å². The molecule has 0 bridgehead atoms. The standard InChI is InChI=1S/C10H10O4.K.H/c11-9(12)6-10(13)14-7-8-4-2-1-3-5-8;;/h1-5H,6-7H2,(H,11,12);;. The van der Waals surface area contributed by atoms with Crippen LogP contribution < -0.4 is 0 Å². The quantitative estimate of drug-likeness (QED) is 0.469. The fraction of sp³-hybridized carbons (Fsp3) is 0.200. The van der Waals surface area contributed by atoms with Crippen LogP contribution in [0.1, 0.15) is 12.0 Å². The summed E-state index contributed by atoms with van der Waals surface area (Å²) in [5.74, 6) is -1.90. The van der Waals surface area contributed by atoms with Gasteiger partial charge in [0.1, 0.15) is 13.0 Å². The van der Waals surface area contributed by atoms with Gasteiger partial charge in [-0.1, -0.05) is 30.3 Å². The van der Waals surface area contributed by atoms with E-state index in [2.05, 4.69) is 0 Å². The summed E-state index contributed by atoms with van der Waals surface area (Å²) in [4.78, 5) is 20.9. The first-order valence-electron chi connectivity index (χ1n) is 4.10. The van der Waals surface area contributed by atoms with Crippen LogP contribution in [0.4, 0.5) is 0 Å². The van der Waals surface area contributed by atoms with Gasteiger partial charge < -0.3 is 9.84 Å². The summed E-state index contributed by atoms with van der Waals surface area (Å²) in [5.41, 5.74) is 0.839. The number of rotatable bonds is 4. The molecule has 0 aromatic heterocycles. The topological polar surface area (TPSA) is 63.6 Å². The number of hydrogen-bond donors (Lipinski definition) is 1. The molecule has 0 aliphatic carbocycles. The Morgan fingerprint density at radius 1 is 1.20 bits per heavy atom. The molecule has 0 radical (unpaired) electrons. The normalized spacial score (nSPS) is 8.80. The van der Waals surface area contributed by atoms with E-state index in [0.29, 0.717) is 0 Å². The second kappa shape index (κ2) is 8.01. The average molecular weight is 234 g/mol. The van der Waals surface area contributed by atoms with Crippen LogP contribution in [0.3, 0.4) is 0 Å². The molecule has 5 heteroatoms. The van der Waals surface area contributed by atoms with Crippen molar-refractivity contribution in [3.05, 3.63) is 35.9 Å². The van der Waals surface area contributed by atoms with Crippen LogP contribution in [0.5, 0.6) is 0 Å². The maximum absolute atomic E-state index is 10.8. The molecule has 1 N–H and O–H groups in total. The maximum atomic E-state index is 10.8. The fourth-order valence-corrected chi connectivity index (χ4v) is 0.913. The van der Waals surface area contributed by atoms with Gasteiger partial charge in [-0.15, -0.1) is 0 Å². The Labute approximate surface area is 130 Å². The molecule has 15 heavy (non-hydrogen) atoms. The minimum absolute atomic E-state index is 0. The number of aliphatic carboxylic acids is 1. The Kier molecular flexibility index (Phi) is 7.90. The van der Waals surface area contributed by atoms with E-state index in [4.69, 9.17) is 9.84 Å². The monoisotopic (exact) mass is 234 g/mol. The number of benzene rings is 1. The Morgan fingerprint density at radius 2 is 1.80 bits per heavy atom. The zero-order valence-corrected chi connectivity index (χ0v) is 7.47. The van der Waals surface area contributed by atoms with Crippen molar-refractivity contribution in [2.45, 2.75) is 13.0 Å². The molecule has 0 aliphatic heterocycles. The van der Waals surface area contributed by atoms with Gasteiger partial charge in [-0.3, -0.25) is 9.59 Å². The van der Waals surface area contributed by atoms with Gasteiger partial charge in [0.25, 0.3) is 0 Å². The van der Waals surface area contributed by atoms with Crippen molar-refractivity contribution in [3.8, 4) is 0 Å². The third-order valence-electron chi connectivity index (χ3n) is 1.54. The van der Waals surface area contributed by atoms with E-state index >= 15 is 0 Å². The van der Waals surface area contributed by atoms with Crippen molar-refractivity contribution in [1.29, 1.82) is 0 Å². The third-order valence-corrected chi connectivity index (χ3v) is 1.54. The van der Waals surface area contributed by atoms with Crippen molar-refractivity contribution in [2.24, 2.45) is 0 Å². The Morgan fingerprint density at radius 3 is 2.33 bits per heavy atom. The molecule has 76 valence electrons. The second-order valence-electron chi connectivity index (χ2n) is 2.72. The van der Waals surface area contributed by atoms with Gasteiger partial charge in [0, 0.05) is 0 Å². The summed E-state index contributed by atoms with van der Waals surface area (Å²) in [6.07, 6.45) is -0.590. The zero-order valence-electron chi connectivity index (χ0n) is 7.47. The van der Waals surface area contributed by atoms with E-state index in [1.807, 2.05) is 18.2 Å². The van der Waals surface area contributed by atoms with Crippen molar-refractivity contribution < 1.29 is 19.4 Å². The molecule has 0 spiro atoms. The van der Waals surface area contributed by atoms with Crippen molar-refractivity contribution in [3.63, 3.8) is 0 Å². The van der Waals surface area contributed by atoms with E-state index in [0.717, 1.165) is 5.56 Å². The first kappa shape index (κ1) is 14.8. The van der Waals surface area contributed by atoms with E-state index in [1.54, 1.807) is 12.1 Å². The van der Waals surface area contributed by atoms with E-state index in [-0.39, 0.29) is 58.0 Å². The van der Waals surface area contributed by atoms with Gasteiger partial charge in [-0.2, -0.15) is 0 Å². The molecule has 0 fully saturated rings. The zero-order chi connectivity index (χ0) is 10.4. The molecule has 0 saturated heterocycles. The molecule has 1 rings (SSSR count). The van der Waals surface area contributed by atoms with Crippen LogP contribution in [-0.2, 0) is 20.9 Å². The van der Waals surface area contributed by atoms with Crippen LogP contribution in [0.15, 0.2) is 30.3 Å². The number of ether oxygens (including phenoxy) is 1. The second-order valence-corrected chi connectivity index (χ2v) is 2.72. The molecule has 1 aromatic carbocycles. The molecule has 0 saturated carbocycles. The summed E-state index contributed by atoms with van der Waals surface area (Å²) in [5, 5.41) is 8.28. The number of carbonyl (C=O) groups is 2. The molecule has 0 amide bonds. The van der Waals surface area contributed by atoms with Crippen LogP contribution >= 0.6 is 0 Å². The molecule has 1 aromatic rings. The van der Waals surface area contributed by atoms with Crippen LogP contribution in [0, 0.1) is 0 Å². The molecular weight excluding hydrogens is 223 g/mol. The number of carbonyl (C=O) groups excluding carboxylic acids is 1. The van der Waals surface area contributed by atoms with Gasteiger partial charge in [-0.25, -0.2) is 0 Å². The van der Waals surface area contributed by atoms with E-state index < -0.39 is 18.4 Å². The van der Waals surface area contributed by atoms with Gasteiger partial charge in [0.15, 0.2) is 0 Å². The molecule has 0 atom stereocenters. The Hall–Kier alpha value is -0.204. The van der Waals surface area contributed by atoms with Gasteiger partial charge in [0.05, 0.1) is 0 Å². The van der Waals surface area contributed by atoms with Crippen molar-refractivity contribution in [1.82, 2.24) is 0 Å². The summed E-state index contributed by atoms with van der Waals surface area (Å²) in [7, 11) is 0. The average Bonchev–Trinajstić information content (AvgIpc) is 2.15. The minimum atomic E-state index is -1.18. The summed E-state index contributed by atoms with van der Waals surface area (Å²) in [6, 6.07) is 9.09. The number of carboxylic acid groups (broad SMARTS) is 1. The van der Waals surface area contributed by atoms with E-state index in [9.17, 15) is 9.59 Å². The fourth-order valence-electron chi connectivity index (χ4n) is 0.913.